The third-order valence-electron chi connectivity index (χ3n) is 1.11. The molecular weight excluding hydrogens is 124 g/mol. The molecule has 1 rings (SSSR count). The van der Waals surface area contributed by atoms with Gasteiger partial charge in [-0.1, -0.05) is 6.92 Å². The Labute approximate surface area is 52.6 Å². The molecule has 0 aromatic heterocycles. The van der Waals surface area contributed by atoms with Crippen LogP contribution in [0.15, 0.2) is 0 Å². The first kappa shape index (κ1) is 5.95. The lowest BCUT2D eigenvalue weighted by Crippen LogP contribution is -1.98. The number of thioether (sulfide) groups is 1. The van der Waals surface area contributed by atoms with E-state index in [0.29, 0.717) is 11.9 Å². The number of hydrogen-bond acceptors (Lipinski definition) is 3. The van der Waals surface area contributed by atoms with E-state index in [-0.39, 0.29) is 5.30 Å². The molecule has 1 heterocycles. The highest BCUT2D eigenvalue weighted by molar-refractivity contribution is 8.14. The van der Waals surface area contributed by atoms with Crippen LogP contribution in [-0.4, -0.2) is 17.2 Å². The van der Waals surface area contributed by atoms with Crippen LogP contribution in [0.4, 0.5) is 4.79 Å². The number of hydrogen-bond donors (Lipinski definition) is 0. The molecule has 1 fully saturated rings. The van der Waals surface area contributed by atoms with Crippen LogP contribution >= 0.6 is 11.8 Å². The first-order chi connectivity index (χ1) is 3.83. The second-order valence-electron chi connectivity index (χ2n) is 1.71. The second kappa shape index (κ2) is 2.40. The van der Waals surface area contributed by atoms with Crippen LogP contribution in [0.5, 0.6) is 0 Å². The van der Waals surface area contributed by atoms with Crippen molar-refractivity contribution in [2.24, 2.45) is 0 Å². The van der Waals surface area contributed by atoms with E-state index in [0.717, 1.165) is 6.42 Å². The molecule has 46 valence electrons. The van der Waals surface area contributed by atoms with Crippen molar-refractivity contribution in [3.8, 4) is 0 Å². The molecule has 0 spiro atoms. The highest BCUT2D eigenvalue weighted by Crippen LogP contribution is 2.23. The Morgan fingerprint density at radius 3 is 3.00 bits per heavy atom. The van der Waals surface area contributed by atoms with Gasteiger partial charge in [-0.2, -0.15) is 0 Å². The molecule has 1 saturated heterocycles. The van der Waals surface area contributed by atoms with Gasteiger partial charge in [-0.3, -0.25) is 0 Å². The van der Waals surface area contributed by atoms with Crippen LogP contribution in [0, 0.1) is 0 Å². The zero-order chi connectivity index (χ0) is 5.98. The summed E-state index contributed by atoms with van der Waals surface area (Å²) in [5, 5.41) is 0.305. The molecule has 1 atom stereocenters. The van der Waals surface area contributed by atoms with Crippen molar-refractivity contribution in [2.45, 2.75) is 18.6 Å². The van der Waals surface area contributed by atoms with Gasteiger partial charge in [0.25, 0.3) is 0 Å². The van der Waals surface area contributed by atoms with E-state index in [9.17, 15) is 4.79 Å². The molecule has 2 nitrogen and oxygen atoms in total. The van der Waals surface area contributed by atoms with Gasteiger partial charge in [0, 0.05) is 5.25 Å². The Balaban J connectivity index is 2.32. The van der Waals surface area contributed by atoms with Crippen molar-refractivity contribution < 1.29 is 9.53 Å². The molecule has 1 aliphatic heterocycles. The average Bonchev–Trinajstić information content (AvgIpc) is 2.14. The number of cyclic esters (lactones) is 1. The molecule has 0 aliphatic carbocycles. The third kappa shape index (κ3) is 1.15. The fraction of sp³-hybridized carbons (Fsp3) is 0.800. The van der Waals surface area contributed by atoms with Crippen LogP contribution < -0.4 is 0 Å². The zero-order valence-electron chi connectivity index (χ0n) is 4.72. The number of carbonyl (C=O) groups excluding carboxylic acids is 1. The van der Waals surface area contributed by atoms with E-state index in [4.69, 9.17) is 0 Å². The zero-order valence-corrected chi connectivity index (χ0v) is 5.53. The molecule has 0 radical (unpaired) electrons. The van der Waals surface area contributed by atoms with Gasteiger partial charge in [0.05, 0.1) is 0 Å². The lowest BCUT2D eigenvalue weighted by atomic mass is 10.3. The number of rotatable bonds is 1. The van der Waals surface area contributed by atoms with E-state index < -0.39 is 0 Å². The Hall–Kier alpha value is -0.180. The Kier molecular flexibility index (Phi) is 1.78. The molecule has 0 aromatic rings. The van der Waals surface area contributed by atoms with Crippen molar-refractivity contribution in [2.75, 3.05) is 6.61 Å². The van der Waals surface area contributed by atoms with Gasteiger partial charge in [-0.15, -0.1) is 0 Å². The summed E-state index contributed by atoms with van der Waals surface area (Å²) in [4.78, 5) is 10.4. The summed E-state index contributed by atoms with van der Waals surface area (Å²) < 4.78 is 4.68. The molecule has 0 amide bonds. The second-order valence-corrected chi connectivity index (χ2v) is 2.94. The molecule has 1 aliphatic rings. The Morgan fingerprint density at radius 1 is 2.00 bits per heavy atom. The van der Waals surface area contributed by atoms with Crippen LogP contribution in [-0.2, 0) is 4.74 Å². The van der Waals surface area contributed by atoms with E-state index in [1.54, 1.807) is 0 Å². The molecular formula is C5H8O2S. The summed E-state index contributed by atoms with van der Waals surface area (Å²) >= 11 is 1.30. The average molecular weight is 132 g/mol. The molecule has 0 N–H and O–H groups in total. The molecule has 0 aromatic carbocycles. The van der Waals surface area contributed by atoms with Gasteiger partial charge in [-0.05, 0) is 18.2 Å². The summed E-state index contributed by atoms with van der Waals surface area (Å²) in [6.45, 7) is 2.67. The standard InChI is InChI=1S/C5H8O2S/c1-2-4-3-7-5(6)8-4/h4H,2-3H2,1H3. The topological polar surface area (TPSA) is 26.3 Å². The third-order valence-corrected chi connectivity index (χ3v) is 2.22. The van der Waals surface area contributed by atoms with Gasteiger partial charge >= 0.3 is 5.30 Å². The largest absolute Gasteiger partial charge is 0.456 e. The highest BCUT2D eigenvalue weighted by atomic mass is 32.2. The maximum atomic E-state index is 10.4. The van der Waals surface area contributed by atoms with E-state index in [2.05, 4.69) is 11.7 Å². The lowest BCUT2D eigenvalue weighted by molar-refractivity contribution is 0.183. The minimum Gasteiger partial charge on any atom is -0.456 e. The number of carbonyl (C=O) groups is 1. The van der Waals surface area contributed by atoms with Crippen LogP contribution in [0.1, 0.15) is 13.3 Å². The van der Waals surface area contributed by atoms with E-state index in [1.165, 1.54) is 11.8 Å². The van der Waals surface area contributed by atoms with Gasteiger partial charge in [-0.25, -0.2) is 4.79 Å². The SMILES string of the molecule is CCC1COC(=O)S1. The Bertz CT molecular complexity index is 103. The predicted octanol–water partition coefficient (Wildman–Crippen LogP) is 1.65. The fourth-order valence-corrected chi connectivity index (χ4v) is 1.28. The van der Waals surface area contributed by atoms with Crippen molar-refractivity contribution in [1.29, 1.82) is 0 Å². The Morgan fingerprint density at radius 2 is 2.75 bits per heavy atom. The van der Waals surface area contributed by atoms with Crippen molar-refractivity contribution in [3.63, 3.8) is 0 Å². The summed E-state index contributed by atoms with van der Waals surface area (Å²) in [5.41, 5.74) is 0. The number of ether oxygens (including phenoxy) is 1. The quantitative estimate of drug-likeness (QED) is 0.507. The maximum Gasteiger partial charge on any atom is 0.367 e. The first-order valence-corrected chi connectivity index (χ1v) is 3.54. The van der Waals surface area contributed by atoms with Gasteiger partial charge in [0.1, 0.15) is 6.61 Å². The smallest absolute Gasteiger partial charge is 0.367 e. The van der Waals surface area contributed by atoms with Gasteiger partial charge in [0.15, 0.2) is 0 Å². The van der Waals surface area contributed by atoms with Crippen LogP contribution in [0.3, 0.4) is 0 Å². The predicted molar refractivity (Wildman–Crippen MR) is 33.0 cm³/mol. The fourth-order valence-electron chi connectivity index (χ4n) is 0.566. The van der Waals surface area contributed by atoms with Crippen molar-refractivity contribution in [1.82, 2.24) is 0 Å². The monoisotopic (exact) mass is 132 g/mol. The lowest BCUT2D eigenvalue weighted by Gasteiger charge is -1.94. The van der Waals surface area contributed by atoms with Crippen LogP contribution in [0.25, 0.3) is 0 Å². The van der Waals surface area contributed by atoms with E-state index >= 15 is 0 Å². The normalized spacial score (nSPS) is 28.1. The minimum absolute atomic E-state index is 0.114. The molecule has 1 unspecified atom stereocenters. The summed E-state index contributed by atoms with van der Waals surface area (Å²) in [7, 11) is 0. The molecule has 8 heavy (non-hydrogen) atoms. The molecule has 0 saturated carbocycles. The maximum absolute atomic E-state index is 10.4. The van der Waals surface area contributed by atoms with Gasteiger partial charge < -0.3 is 4.74 Å². The highest BCUT2D eigenvalue weighted by Gasteiger charge is 2.22. The minimum atomic E-state index is -0.114. The van der Waals surface area contributed by atoms with E-state index in [1.807, 2.05) is 0 Å². The summed E-state index contributed by atoms with van der Waals surface area (Å²) in [6, 6.07) is 0. The van der Waals surface area contributed by atoms with Gasteiger partial charge in [0.2, 0.25) is 0 Å². The summed E-state index contributed by atoms with van der Waals surface area (Å²) in [6.07, 6.45) is 1.02. The summed E-state index contributed by atoms with van der Waals surface area (Å²) in [5.74, 6) is 0. The molecule has 0 bridgehead atoms. The molecule has 3 heteroatoms. The van der Waals surface area contributed by atoms with Crippen molar-refractivity contribution in [3.05, 3.63) is 0 Å². The first-order valence-electron chi connectivity index (χ1n) is 2.66. The van der Waals surface area contributed by atoms with Crippen LogP contribution in [0.2, 0.25) is 0 Å². The van der Waals surface area contributed by atoms with Crippen molar-refractivity contribution >= 4 is 17.1 Å².